The highest BCUT2D eigenvalue weighted by Crippen LogP contribution is 2.20. The molecule has 0 bridgehead atoms. The van der Waals surface area contributed by atoms with Crippen molar-refractivity contribution in [1.82, 2.24) is 0 Å². The smallest absolute Gasteiger partial charge is 0.131 e. The number of hydrogen-bond donors (Lipinski definition) is 2. The summed E-state index contributed by atoms with van der Waals surface area (Å²) in [6, 6.07) is 4.10. The number of aliphatic hydroxyl groups is 1. The van der Waals surface area contributed by atoms with Crippen molar-refractivity contribution >= 4 is 0 Å². The fraction of sp³-hybridized carbons (Fsp3) is 0.600. The van der Waals surface area contributed by atoms with Crippen LogP contribution in [0.1, 0.15) is 25.5 Å². The molecule has 1 aromatic rings. The molecule has 0 heterocycles. The minimum atomic E-state index is -0.791. The Morgan fingerprint density at radius 3 is 2.52 bits per heavy atom. The number of aliphatic hydroxyl groups excluding tert-OH is 1. The normalized spacial score (nSPS) is 15.5. The van der Waals surface area contributed by atoms with Crippen LogP contribution in [0.4, 0.5) is 4.39 Å². The first-order valence-corrected chi connectivity index (χ1v) is 6.90. The first kappa shape index (κ1) is 17.8. The maximum Gasteiger partial charge on any atom is 0.131 e. The third-order valence-corrected chi connectivity index (χ3v) is 2.88. The van der Waals surface area contributed by atoms with E-state index in [1.54, 1.807) is 26.2 Å². The summed E-state index contributed by atoms with van der Waals surface area (Å²) in [6.07, 6.45) is -0.895. The summed E-state index contributed by atoms with van der Waals surface area (Å²) in [6.45, 7) is 4.17. The number of ether oxygens (including phenoxy) is 3. The molecule has 0 saturated heterocycles. The van der Waals surface area contributed by atoms with Crippen molar-refractivity contribution in [3.63, 3.8) is 0 Å². The predicted molar refractivity (Wildman–Crippen MR) is 77.8 cm³/mol. The average Bonchev–Trinajstić information content (AvgIpc) is 2.43. The van der Waals surface area contributed by atoms with Gasteiger partial charge in [-0.15, -0.1) is 0 Å². The molecular weight excluding hydrogens is 277 g/mol. The molecule has 0 aliphatic heterocycles. The zero-order chi connectivity index (χ0) is 15.8. The molecule has 1 rings (SSSR count). The third kappa shape index (κ3) is 6.39. The summed E-state index contributed by atoms with van der Waals surface area (Å²) in [5.74, 6) is -0.0668. The van der Waals surface area contributed by atoms with Gasteiger partial charge in [0.1, 0.15) is 24.3 Å². The lowest BCUT2D eigenvalue weighted by molar-refractivity contribution is -0.0423. The number of rotatable bonds is 9. The molecule has 3 unspecified atom stereocenters. The van der Waals surface area contributed by atoms with Gasteiger partial charge in [-0.05, 0) is 19.9 Å². The van der Waals surface area contributed by atoms with Gasteiger partial charge in [0.25, 0.3) is 0 Å². The first-order valence-electron chi connectivity index (χ1n) is 6.90. The summed E-state index contributed by atoms with van der Waals surface area (Å²) in [4.78, 5) is 0. The van der Waals surface area contributed by atoms with Crippen LogP contribution >= 0.6 is 0 Å². The molecule has 5 nitrogen and oxygen atoms in total. The van der Waals surface area contributed by atoms with E-state index in [0.717, 1.165) is 0 Å². The van der Waals surface area contributed by atoms with Crippen molar-refractivity contribution in [1.29, 1.82) is 0 Å². The van der Waals surface area contributed by atoms with Crippen molar-refractivity contribution in [2.24, 2.45) is 5.73 Å². The Bertz CT molecular complexity index is 428. The van der Waals surface area contributed by atoms with Gasteiger partial charge in [0.05, 0.1) is 19.3 Å². The van der Waals surface area contributed by atoms with Crippen molar-refractivity contribution in [3.05, 3.63) is 29.6 Å². The van der Waals surface area contributed by atoms with Crippen molar-refractivity contribution in [2.75, 3.05) is 26.9 Å². The van der Waals surface area contributed by atoms with E-state index in [1.807, 2.05) is 6.92 Å². The summed E-state index contributed by atoms with van der Waals surface area (Å²) < 4.78 is 29.3. The van der Waals surface area contributed by atoms with E-state index >= 15 is 0 Å². The predicted octanol–water partition coefficient (Wildman–Crippen LogP) is 1.64. The fourth-order valence-electron chi connectivity index (χ4n) is 1.77. The van der Waals surface area contributed by atoms with Crippen LogP contribution in [0.5, 0.6) is 5.75 Å². The van der Waals surface area contributed by atoms with E-state index in [0.29, 0.717) is 17.9 Å². The van der Waals surface area contributed by atoms with E-state index < -0.39 is 11.9 Å². The SMILES string of the molecule is COCC(C)OCC(O)COc1ccc(C(C)N)c(F)c1. The highest BCUT2D eigenvalue weighted by Gasteiger charge is 2.11. The van der Waals surface area contributed by atoms with Crippen molar-refractivity contribution in [3.8, 4) is 5.75 Å². The Balaban J connectivity index is 2.39. The number of nitrogens with two attached hydrogens (primary N) is 1. The molecule has 1 aromatic carbocycles. The Hall–Kier alpha value is -1.21. The van der Waals surface area contributed by atoms with E-state index in [-0.39, 0.29) is 25.4 Å². The van der Waals surface area contributed by atoms with Gasteiger partial charge in [-0.3, -0.25) is 0 Å². The Kier molecular flexibility index (Phi) is 7.60. The molecule has 120 valence electrons. The Labute approximate surface area is 124 Å². The fourth-order valence-corrected chi connectivity index (χ4v) is 1.77. The highest BCUT2D eigenvalue weighted by molar-refractivity contribution is 5.30. The van der Waals surface area contributed by atoms with Gasteiger partial charge >= 0.3 is 0 Å². The lowest BCUT2D eigenvalue weighted by Crippen LogP contribution is -2.27. The monoisotopic (exact) mass is 301 g/mol. The van der Waals surface area contributed by atoms with E-state index in [9.17, 15) is 9.50 Å². The van der Waals surface area contributed by atoms with E-state index in [2.05, 4.69) is 0 Å². The van der Waals surface area contributed by atoms with Gasteiger partial charge in [-0.25, -0.2) is 4.39 Å². The first-order chi connectivity index (χ1) is 9.93. The minimum Gasteiger partial charge on any atom is -0.491 e. The van der Waals surface area contributed by atoms with Crippen LogP contribution < -0.4 is 10.5 Å². The van der Waals surface area contributed by atoms with E-state index in [1.165, 1.54) is 6.07 Å². The van der Waals surface area contributed by atoms with Gasteiger partial charge in [0.15, 0.2) is 0 Å². The van der Waals surface area contributed by atoms with Crippen LogP contribution in [0.3, 0.4) is 0 Å². The van der Waals surface area contributed by atoms with Crippen molar-refractivity contribution < 1.29 is 23.7 Å². The topological polar surface area (TPSA) is 73.9 Å². The Morgan fingerprint density at radius 1 is 1.24 bits per heavy atom. The number of methoxy groups -OCH3 is 1. The second-order valence-corrected chi connectivity index (χ2v) is 5.04. The number of halogens is 1. The van der Waals surface area contributed by atoms with E-state index in [4.69, 9.17) is 19.9 Å². The van der Waals surface area contributed by atoms with Crippen LogP contribution in [-0.2, 0) is 9.47 Å². The average molecular weight is 301 g/mol. The minimum absolute atomic E-state index is 0.0245. The molecule has 0 amide bonds. The molecule has 3 N–H and O–H groups in total. The van der Waals surface area contributed by atoms with Crippen LogP contribution in [0.15, 0.2) is 18.2 Å². The molecular formula is C15H24FNO4. The number of benzene rings is 1. The van der Waals surface area contributed by atoms with Gasteiger partial charge in [-0.1, -0.05) is 6.07 Å². The quantitative estimate of drug-likeness (QED) is 0.725. The molecule has 0 aromatic heterocycles. The standard InChI is InChI=1S/C15H24FNO4/c1-10(7-19-3)20-8-12(18)9-21-13-4-5-14(11(2)17)15(16)6-13/h4-6,10-12,18H,7-9,17H2,1-3H3. The molecule has 0 aliphatic rings. The summed E-state index contributed by atoms with van der Waals surface area (Å²) in [5.41, 5.74) is 6.06. The molecule has 0 fully saturated rings. The summed E-state index contributed by atoms with van der Waals surface area (Å²) >= 11 is 0. The van der Waals surface area contributed by atoms with Crippen LogP contribution in [0.2, 0.25) is 0 Å². The van der Waals surface area contributed by atoms with Gasteiger partial charge in [0.2, 0.25) is 0 Å². The molecule has 0 radical (unpaired) electrons. The second kappa shape index (κ2) is 8.94. The van der Waals surface area contributed by atoms with Crippen LogP contribution in [0, 0.1) is 5.82 Å². The third-order valence-electron chi connectivity index (χ3n) is 2.88. The lowest BCUT2D eigenvalue weighted by Gasteiger charge is -2.17. The second-order valence-electron chi connectivity index (χ2n) is 5.04. The van der Waals surface area contributed by atoms with Crippen LogP contribution in [-0.4, -0.2) is 44.2 Å². The van der Waals surface area contributed by atoms with Gasteiger partial charge in [0, 0.05) is 24.8 Å². The number of hydrogen-bond acceptors (Lipinski definition) is 5. The zero-order valence-electron chi connectivity index (χ0n) is 12.7. The highest BCUT2D eigenvalue weighted by atomic mass is 19.1. The largest absolute Gasteiger partial charge is 0.491 e. The zero-order valence-corrected chi connectivity index (χ0v) is 12.7. The summed E-state index contributed by atoms with van der Waals surface area (Å²) in [5, 5.41) is 9.74. The van der Waals surface area contributed by atoms with Gasteiger partial charge in [-0.2, -0.15) is 0 Å². The van der Waals surface area contributed by atoms with Crippen molar-refractivity contribution in [2.45, 2.75) is 32.1 Å². The molecule has 21 heavy (non-hydrogen) atoms. The molecule has 3 atom stereocenters. The Morgan fingerprint density at radius 2 is 1.95 bits per heavy atom. The molecule has 0 spiro atoms. The summed E-state index contributed by atoms with van der Waals surface area (Å²) in [7, 11) is 1.58. The maximum atomic E-state index is 13.7. The van der Waals surface area contributed by atoms with Gasteiger partial charge < -0.3 is 25.1 Å². The maximum absolute atomic E-state index is 13.7. The molecule has 0 aliphatic carbocycles. The van der Waals surface area contributed by atoms with Crippen LogP contribution in [0.25, 0.3) is 0 Å². The molecule has 6 heteroatoms. The molecule has 0 saturated carbocycles. The lowest BCUT2D eigenvalue weighted by atomic mass is 10.1.